The van der Waals surface area contributed by atoms with Crippen molar-refractivity contribution in [1.29, 1.82) is 0 Å². The number of rotatable bonds is 6. The lowest BCUT2D eigenvalue weighted by Gasteiger charge is -2.35. The summed E-state index contributed by atoms with van der Waals surface area (Å²) in [6.45, 7) is 4.80. The number of hydrogen-bond donors (Lipinski definition) is 1. The third-order valence-corrected chi connectivity index (χ3v) is 10.4. The van der Waals surface area contributed by atoms with E-state index in [2.05, 4.69) is 27.0 Å². The van der Waals surface area contributed by atoms with Gasteiger partial charge in [-0.3, -0.25) is 4.90 Å². The molecule has 0 spiro atoms. The van der Waals surface area contributed by atoms with E-state index in [1.165, 1.54) is 0 Å². The van der Waals surface area contributed by atoms with E-state index < -0.39 is 12.0 Å². The van der Waals surface area contributed by atoms with Crippen LogP contribution in [0.15, 0.2) is 18.2 Å². The summed E-state index contributed by atoms with van der Waals surface area (Å²) < 4.78 is 37.7. The number of ether oxygens (including phenoxy) is 1. The van der Waals surface area contributed by atoms with Gasteiger partial charge >= 0.3 is 6.01 Å². The molecule has 1 aromatic carbocycles. The fourth-order valence-electron chi connectivity index (χ4n) is 7.96. The lowest BCUT2D eigenvalue weighted by atomic mass is 9.95. The minimum Gasteiger partial charge on any atom is -0.461 e. The Kier molecular flexibility index (Phi) is 6.73. The highest BCUT2D eigenvalue weighted by atomic mass is 35.5. The normalized spacial score (nSPS) is 28.3. The maximum atomic E-state index is 16.9. The smallest absolute Gasteiger partial charge is 0.319 e. The molecule has 43 heavy (non-hydrogen) atoms. The van der Waals surface area contributed by atoms with Gasteiger partial charge in [-0.2, -0.15) is 9.97 Å². The molecule has 224 valence electrons. The summed E-state index contributed by atoms with van der Waals surface area (Å²) in [5, 5.41) is 4.79. The molecule has 0 amide bonds. The molecule has 0 radical (unpaired) electrons. The van der Waals surface area contributed by atoms with Gasteiger partial charge < -0.3 is 15.0 Å². The molecule has 8 rings (SSSR count). The molecular formula is C33H35ClF2N6O. The molecule has 1 N–H and O–H groups in total. The molecule has 4 atom stereocenters. The van der Waals surface area contributed by atoms with Crippen LogP contribution in [0.1, 0.15) is 69.0 Å². The number of pyridine rings is 1. The van der Waals surface area contributed by atoms with Crippen LogP contribution < -0.4 is 15.0 Å². The zero-order chi connectivity index (χ0) is 29.3. The van der Waals surface area contributed by atoms with Crippen LogP contribution in [0.2, 0.25) is 5.02 Å². The van der Waals surface area contributed by atoms with Gasteiger partial charge in [0, 0.05) is 48.7 Å². The second kappa shape index (κ2) is 10.5. The van der Waals surface area contributed by atoms with E-state index in [9.17, 15) is 4.39 Å². The van der Waals surface area contributed by atoms with Crippen LogP contribution in [0.3, 0.4) is 0 Å². The Bertz CT molecular complexity index is 1660. The summed E-state index contributed by atoms with van der Waals surface area (Å²) in [7, 11) is 0. The molecule has 1 saturated carbocycles. The number of nitrogens with one attached hydrogen (secondary N) is 1. The maximum Gasteiger partial charge on any atom is 0.319 e. The monoisotopic (exact) mass is 604 g/mol. The van der Waals surface area contributed by atoms with Crippen molar-refractivity contribution in [3.63, 3.8) is 0 Å². The molecule has 3 aromatic rings. The van der Waals surface area contributed by atoms with E-state index in [1.54, 1.807) is 6.92 Å². The number of benzene rings is 1. The molecule has 5 fully saturated rings. The van der Waals surface area contributed by atoms with E-state index >= 15 is 4.39 Å². The topological polar surface area (TPSA) is 66.4 Å². The minimum absolute atomic E-state index is 0.108. The summed E-state index contributed by atoms with van der Waals surface area (Å²) >= 11 is 6.66. The van der Waals surface area contributed by atoms with Crippen LogP contribution in [0.25, 0.3) is 22.2 Å². The van der Waals surface area contributed by atoms with Crippen LogP contribution in [-0.4, -0.2) is 76.4 Å². The molecular weight excluding hydrogens is 570 g/mol. The Morgan fingerprint density at radius 1 is 1.12 bits per heavy atom. The molecule has 10 heteroatoms. The number of aromatic nitrogens is 3. The van der Waals surface area contributed by atoms with Crippen LogP contribution in [0, 0.1) is 17.7 Å². The molecule has 4 saturated heterocycles. The Balaban J connectivity index is 1.29. The first-order valence-electron chi connectivity index (χ1n) is 15.6. The summed E-state index contributed by atoms with van der Waals surface area (Å²) in [5.74, 6) is 6.48. The highest BCUT2D eigenvalue weighted by Crippen LogP contribution is 2.48. The van der Waals surface area contributed by atoms with Crippen LogP contribution in [0.4, 0.5) is 14.6 Å². The number of alkyl halides is 1. The van der Waals surface area contributed by atoms with Gasteiger partial charge in [-0.25, -0.2) is 13.8 Å². The molecule has 1 aliphatic carbocycles. The average Bonchev–Trinajstić information content (AvgIpc) is 3.58. The van der Waals surface area contributed by atoms with Gasteiger partial charge in [0.2, 0.25) is 0 Å². The lowest BCUT2D eigenvalue weighted by Crippen LogP contribution is -2.51. The quantitative estimate of drug-likeness (QED) is 0.366. The van der Waals surface area contributed by atoms with Crippen LogP contribution in [0.5, 0.6) is 6.01 Å². The Labute approximate surface area is 255 Å². The summed E-state index contributed by atoms with van der Waals surface area (Å²) in [5.41, 5.74) is 2.02. The van der Waals surface area contributed by atoms with E-state index in [0.29, 0.717) is 52.5 Å². The van der Waals surface area contributed by atoms with Crippen molar-refractivity contribution in [3.05, 3.63) is 40.3 Å². The van der Waals surface area contributed by atoms with Gasteiger partial charge in [0.1, 0.15) is 35.5 Å². The summed E-state index contributed by atoms with van der Waals surface area (Å²) in [6, 6.07) is 6.36. The van der Waals surface area contributed by atoms with Crippen molar-refractivity contribution in [2.75, 3.05) is 37.7 Å². The predicted molar refractivity (Wildman–Crippen MR) is 163 cm³/mol. The number of halogens is 3. The van der Waals surface area contributed by atoms with Gasteiger partial charge in [0.05, 0.1) is 10.9 Å². The summed E-state index contributed by atoms with van der Waals surface area (Å²) in [4.78, 5) is 18.9. The molecule has 7 nitrogen and oxygen atoms in total. The SMILES string of the molecule is CC#Cc1nc(-c2cccc(Cl)c2C2CC2)c(F)c2nc(OC[C@@]34CCCN3C[C@H](F)C4)nc(N3C[C@H]4CC[C@@H](C3)N4)c12. The Hall–Kier alpha value is -3.06. The van der Waals surface area contributed by atoms with E-state index in [4.69, 9.17) is 31.3 Å². The third kappa shape index (κ3) is 4.73. The van der Waals surface area contributed by atoms with Gasteiger partial charge in [0.15, 0.2) is 5.82 Å². The standard InChI is InChI=1S/C33H35ClF2N6O/c1-2-5-25-27-30(28(36)29(38-25)23-6-3-7-24(34)26(23)19-8-9-19)39-32(40-31(27)41-16-21-10-11-22(17-41)37-21)43-18-33-12-4-13-42(33)15-20(35)14-33/h3,6-7,19-22,37H,4,8-18H2,1H3/t20-,21-,22+,33+/m1/s1. The average molecular weight is 605 g/mol. The van der Waals surface area contributed by atoms with Gasteiger partial charge in [-0.1, -0.05) is 29.7 Å². The van der Waals surface area contributed by atoms with Gasteiger partial charge in [-0.05, 0) is 75.5 Å². The van der Waals surface area contributed by atoms with Crippen molar-refractivity contribution in [1.82, 2.24) is 25.2 Å². The van der Waals surface area contributed by atoms with Crippen molar-refractivity contribution in [2.24, 2.45) is 0 Å². The lowest BCUT2D eigenvalue weighted by molar-refractivity contribution is 0.107. The first kappa shape index (κ1) is 27.5. The molecule has 2 aromatic heterocycles. The van der Waals surface area contributed by atoms with Gasteiger partial charge in [-0.15, -0.1) is 0 Å². The largest absolute Gasteiger partial charge is 0.461 e. The number of anilines is 1. The third-order valence-electron chi connectivity index (χ3n) is 10.0. The van der Waals surface area contributed by atoms with Gasteiger partial charge in [0.25, 0.3) is 0 Å². The highest BCUT2D eigenvalue weighted by molar-refractivity contribution is 6.32. The maximum absolute atomic E-state index is 16.9. The van der Waals surface area contributed by atoms with Crippen molar-refractivity contribution in [3.8, 4) is 29.1 Å². The fraction of sp³-hybridized carbons (Fsp3) is 0.545. The highest BCUT2D eigenvalue weighted by Gasteiger charge is 2.49. The van der Waals surface area contributed by atoms with E-state index in [-0.39, 0.29) is 35.3 Å². The second-order valence-electron chi connectivity index (χ2n) is 12.9. The van der Waals surface area contributed by atoms with Crippen molar-refractivity contribution >= 4 is 28.3 Å². The predicted octanol–water partition coefficient (Wildman–Crippen LogP) is 5.63. The summed E-state index contributed by atoms with van der Waals surface area (Å²) in [6.07, 6.45) is 5.66. The van der Waals surface area contributed by atoms with E-state index in [0.717, 1.165) is 63.7 Å². The second-order valence-corrected chi connectivity index (χ2v) is 13.3. The number of fused-ring (bicyclic) bond motifs is 4. The Morgan fingerprint density at radius 2 is 1.93 bits per heavy atom. The zero-order valence-electron chi connectivity index (χ0n) is 24.3. The van der Waals surface area contributed by atoms with E-state index in [1.807, 2.05) is 18.2 Å². The van der Waals surface area contributed by atoms with Crippen LogP contribution >= 0.6 is 11.6 Å². The Morgan fingerprint density at radius 3 is 2.70 bits per heavy atom. The number of piperazine rings is 1. The molecule has 4 aliphatic heterocycles. The molecule has 6 heterocycles. The number of hydrogen-bond acceptors (Lipinski definition) is 7. The van der Waals surface area contributed by atoms with Crippen molar-refractivity contribution < 1.29 is 13.5 Å². The number of nitrogens with zero attached hydrogens (tertiary/aromatic N) is 5. The molecule has 2 bridgehead atoms. The first-order valence-corrected chi connectivity index (χ1v) is 16.0. The molecule has 5 aliphatic rings. The first-order chi connectivity index (χ1) is 20.9. The van der Waals surface area contributed by atoms with Crippen molar-refractivity contribution in [2.45, 2.75) is 81.6 Å². The molecule has 0 unspecified atom stereocenters. The minimum atomic E-state index is -0.868. The fourth-order valence-corrected chi connectivity index (χ4v) is 8.29. The van der Waals surface area contributed by atoms with Crippen LogP contribution in [-0.2, 0) is 0 Å². The zero-order valence-corrected chi connectivity index (χ0v) is 25.1.